The molecule has 90 valence electrons. The molecule has 2 atom stereocenters. The molecule has 1 rings (SSSR count). The molecule has 0 aromatic carbocycles. The highest BCUT2D eigenvalue weighted by Crippen LogP contribution is 2.33. The van der Waals surface area contributed by atoms with Crippen LogP contribution in [0.3, 0.4) is 0 Å². The topological polar surface area (TPSA) is 12.0 Å². The second-order valence-electron chi connectivity index (χ2n) is 5.56. The van der Waals surface area contributed by atoms with E-state index in [1.54, 1.807) is 0 Å². The normalized spacial score (nSPS) is 27.2. The first kappa shape index (κ1) is 13.0. The minimum atomic E-state index is 0.653. The van der Waals surface area contributed by atoms with Gasteiger partial charge in [-0.05, 0) is 37.6 Å². The van der Waals surface area contributed by atoms with Crippen molar-refractivity contribution >= 4 is 0 Å². The average molecular weight is 211 g/mol. The Kier molecular flexibility index (Phi) is 6.31. The van der Waals surface area contributed by atoms with Crippen LogP contribution in [0.4, 0.5) is 0 Å². The van der Waals surface area contributed by atoms with E-state index in [1.165, 1.54) is 51.5 Å². The van der Waals surface area contributed by atoms with Crippen LogP contribution in [0.2, 0.25) is 0 Å². The van der Waals surface area contributed by atoms with Crippen LogP contribution in [-0.4, -0.2) is 12.6 Å². The van der Waals surface area contributed by atoms with E-state index < -0.39 is 0 Å². The third-order valence-corrected chi connectivity index (χ3v) is 3.81. The van der Waals surface area contributed by atoms with Crippen molar-refractivity contribution in [2.75, 3.05) is 6.54 Å². The molecule has 0 aliphatic heterocycles. The molecule has 0 saturated heterocycles. The molecule has 0 heterocycles. The molecule has 1 aliphatic rings. The van der Waals surface area contributed by atoms with Gasteiger partial charge in [0.05, 0.1) is 0 Å². The predicted octanol–water partition coefficient (Wildman–Crippen LogP) is 3.98. The Morgan fingerprint density at radius 3 is 2.60 bits per heavy atom. The minimum Gasteiger partial charge on any atom is -0.315 e. The zero-order chi connectivity index (χ0) is 11.1. The molecule has 0 bridgehead atoms. The maximum Gasteiger partial charge on any atom is 0.00103 e. The third kappa shape index (κ3) is 5.55. The van der Waals surface area contributed by atoms with Gasteiger partial charge in [-0.3, -0.25) is 0 Å². The van der Waals surface area contributed by atoms with Crippen molar-refractivity contribution in [3.8, 4) is 0 Å². The van der Waals surface area contributed by atoms with Crippen molar-refractivity contribution in [2.24, 2.45) is 11.8 Å². The monoisotopic (exact) mass is 211 g/mol. The van der Waals surface area contributed by atoms with Crippen LogP contribution in [-0.2, 0) is 0 Å². The molecular formula is C14H29N. The van der Waals surface area contributed by atoms with Gasteiger partial charge in [0.1, 0.15) is 0 Å². The standard InChI is InChI=1S/C14H29N/c1-4-13-7-5-8-14(11-13)9-6-10-15-12(2)3/h12-15H,4-11H2,1-3H3. The van der Waals surface area contributed by atoms with Crippen LogP contribution in [0.25, 0.3) is 0 Å². The summed E-state index contributed by atoms with van der Waals surface area (Å²) in [6.45, 7) is 8.03. The van der Waals surface area contributed by atoms with Crippen molar-refractivity contribution in [3.63, 3.8) is 0 Å². The summed E-state index contributed by atoms with van der Waals surface area (Å²) in [5.41, 5.74) is 0. The van der Waals surface area contributed by atoms with Gasteiger partial charge in [-0.15, -0.1) is 0 Å². The number of rotatable bonds is 6. The molecule has 1 aliphatic carbocycles. The van der Waals surface area contributed by atoms with Crippen molar-refractivity contribution in [1.29, 1.82) is 0 Å². The fraction of sp³-hybridized carbons (Fsp3) is 1.00. The molecule has 0 aromatic rings. The van der Waals surface area contributed by atoms with Crippen LogP contribution in [0.15, 0.2) is 0 Å². The highest BCUT2D eigenvalue weighted by molar-refractivity contribution is 4.72. The van der Waals surface area contributed by atoms with Gasteiger partial charge in [0, 0.05) is 6.04 Å². The molecule has 1 saturated carbocycles. The first-order valence-corrected chi connectivity index (χ1v) is 6.95. The van der Waals surface area contributed by atoms with Gasteiger partial charge < -0.3 is 5.32 Å². The van der Waals surface area contributed by atoms with Crippen LogP contribution in [0.5, 0.6) is 0 Å². The molecule has 1 fully saturated rings. The minimum absolute atomic E-state index is 0.653. The van der Waals surface area contributed by atoms with E-state index in [1.807, 2.05) is 0 Å². The van der Waals surface area contributed by atoms with Gasteiger partial charge in [0.2, 0.25) is 0 Å². The number of hydrogen-bond donors (Lipinski definition) is 1. The lowest BCUT2D eigenvalue weighted by Crippen LogP contribution is -2.24. The smallest absolute Gasteiger partial charge is 0.00103 e. The van der Waals surface area contributed by atoms with Gasteiger partial charge in [-0.1, -0.05) is 46.5 Å². The lowest BCUT2D eigenvalue weighted by molar-refractivity contribution is 0.245. The van der Waals surface area contributed by atoms with E-state index in [0.717, 1.165) is 11.8 Å². The van der Waals surface area contributed by atoms with E-state index >= 15 is 0 Å². The maximum absolute atomic E-state index is 3.51. The molecule has 0 amide bonds. The molecule has 1 heteroatoms. The molecular weight excluding hydrogens is 182 g/mol. The van der Waals surface area contributed by atoms with Gasteiger partial charge in [-0.25, -0.2) is 0 Å². The lowest BCUT2D eigenvalue weighted by atomic mass is 9.78. The summed E-state index contributed by atoms with van der Waals surface area (Å²) < 4.78 is 0. The summed E-state index contributed by atoms with van der Waals surface area (Å²) in [7, 11) is 0. The van der Waals surface area contributed by atoms with Crippen LogP contribution in [0, 0.1) is 11.8 Å². The predicted molar refractivity (Wildman–Crippen MR) is 68.1 cm³/mol. The molecule has 0 aromatic heterocycles. The van der Waals surface area contributed by atoms with Crippen LogP contribution >= 0.6 is 0 Å². The third-order valence-electron chi connectivity index (χ3n) is 3.81. The van der Waals surface area contributed by atoms with Gasteiger partial charge in [0.25, 0.3) is 0 Å². The van der Waals surface area contributed by atoms with E-state index in [2.05, 4.69) is 26.1 Å². The van der Waals surface area contributed by atoms with E-state index in [9.17, 15) is 0 Å². The summed E-state index contributed by atoms with van der Waals surface area (Å²) in [5, 5.41) is 3.51. The quantitative estimate of drug-likeness (QED) is 0.655. The highest BCUT2D eigenvalue weighted by Gasteiger charge is 2.19. The van der Waals surface area contributed by atoms with E-state index in [4.69, 9.17) is 0 Å². The fourth-order valence-electron chi connectivity index (χ4n) is 2.82. The average Bonchev–Trinajstić information content (AvgIpc) is 2.24. The largest absolute Gasteiger partial charge is 0.315 e. The van der Waals surface area contributed by atoms with Gasteiger partial charge >= 0.3 is 0 Å². The summed E-state index contributed by atoms with van der Waals surface area (Å²) in [4.78, 5) is 0. The fourth-order valence-corrected chi connectivity index (χ4v) is 2.82. The molecule has 1 N–H and O–H groups in total. The summed E-state index contributed by atoms with van der Waals surface area (Å²) in [5.74, 6) is 2.08. The zero-order valence-corrected chi connectivity index (χ0v) is 10.9. The number of nitrogens with one attached hydrogen (secondary N) is 1. The molecule has 0 spiro atoms. The summed E-state index contributed by atoms with van der Waals surface area (Å²) in [6.07, 6.45) is 10.2. The summed E-state index contributed by atoms with van der Waals surface area (Å²) >= 11 is 0. The van der Waals surface area contributed by atoms with Crippen molar-refractivity contribution < 1.29 is 0 Å². The Bertz CT molecular complexity index is 153. The molecule has 1 nitrogen and oxygen atoms in total. The second kappa shape index (κ2) is 7.27. The lowest BCUT2D eigenvalue weighted by Gasteiger charge is -2.28. The Labute approximate surface area is 96.0 Å². The molecule has 0 radical (unpaired) electrons. The highest BCUT2D eigenvalue weighted by atomic mass is 14.9. The van der Waals surface area contributed by atoms with Crippen molar-refractivity contribution in [3.05, 3.63) is 0 Å². The van der Waals surface area contributed by atoms with Crippen molar-refractivity contribution in [2.45, 2.75) is 71.8 Å². The Hall–Kier alpha value is -0.0400. The van der Waals surface area contributed by atoms with Gasteiger partial charge in [0.15, 0.2) is 0 Å². The van der Waals surface area contributed by atoms with Crippen LogP contribution in [0.1, 0.15) is 65.7 Å². The Morgan fingerprint density at radius 2 is 1.93 bits per heavy atom. The first-order valence-electron chi connectivity index (χ1n) is 6.95. The maximum atomic E-state index is 3.51. The summed E-state index contributed by atoms with van der Waals surface area (Å²) in [6, 6.07) is 0.653. The Balaban J connectivity index is 2.05. The van der Waals surface area contributed by atoms with Gasteiger partial charge in [-0.2, -0.15) is 0 Å². The second-order valence-corrected chi connectivity index (χ2v) is 5.56. The van der Waals surface area contributed by atoms with E-state index in [0.29, 0.717) is 6.04 Å². The number of hydrogen-bond acceptors (Lipinski definition) is 1. The Morgan fingerprint density at radius 1 is 1.20 bits per heavy atom. The van der Waals surface area contributed by atoms with Crippen molar-refractivity contribution in [1.82, 2.24) is 5.32 Å². The SMILES string of the molecule is CCC1CCCC(CCCNC(C)C)C1. The van der Waals surface area contributed by atoms with E-state index in [-0.39, 0.29) is 0 Å². The molecule has 15 heavy (non-hydrogen) atoms. The van der Waals surface area contributed by atoms with Crippen LogP contribution < -0.4 is 5.32 Å². The first-order chi connectivity index (χ1) is 7.22. The zero-order valence-electron chi connectivity index (χ0n) is 10.9. The molecule has 2 unspecified atom stereocenters.